The second kappa shape index (κ2) is 3.81. The fourth-order valence-corrected chi connectivity index (χ4v) is 2.45. The molecule has 0 saturated carbocycles. The second-order valence-corrected chi connectivity index (χ2v) is 5.14. The Bertz CT molecular complexity index is 691. The van der Waals surface area contributed by atoms with Crippen LogP contribution in [0.3, 0.4) is 0 Å². The molecule has 1 atom stereocenters. The summed E-state index contributed by atoms with van der Waals surface area (Å²) in [7, 11) is 0. The van der Waals surface area contributed by atoms with Crippen LogP contribution in [0.2, 0.25) is 0 Å². The van der Waals surface area contributed by atoms with Gasteiger partial charge in [-0.15, -0.1) is 0 Å². The van der Waals surface area contributed by atoms with Gasteiger partial charge in [0, 0.05) is 30.7 Å². The number of carbonyl (C=O) groups excluding carboxylic acids is 2. The number of nitrogens with zero attached hydrogens (tertiary/aromatic N) is 2. The van der Waals surface area contributed by atoms with E-state index in [1.807, 2.05) is 6.07 Å². The summed E-state index contributed by atoms with van der Waals surface area (Å²) in [6.45, 7) is 1.96. The number of nitrogens with one attached hydrogen (secondary N) is 1. The van der Waals surface area contributed by atoms with Gasteiger partial charge in [-0.1, -0.05) is 0 Å². The van der Waals surface area contributed by atoms with Crippen molar-refractivity contribution >= 4 is 22.7 Å². The molecule has 0 bridgehead atoms. The molecular formula is C13H13N3O3. The van der Waals surface area contributed by atoms with E-state index in [0.717, 1.165) is 5.39 Å². The number of imide groups is 1. The number of rotatable bonds is 2. The molecule has 0 aliphatic carbocycles. The minimum Gasteiger partial charge on any atom is -0.493 e. The molecule has 2 N–H and O–H groups in total. The molecule has 3 rings (SSSR count). The van der Waals surface area contributed by atoms with Gasteiger partial charge in [-0.2, -0.15) is 0 Å². The number of pyridine rings is 1. The Morgan fingerprint density at radius 1 is 1.53 bits per heavy atom. The maximum atomic E-state index is 11.8. The molecule has 2 aromatic heterocycles. The van der Waals surface area contributed by atoms with E-state index in [9.17, 15) is 14.7 Å². The van der Waals surface area contributed by atoms with Crippen molar-refractivity contribution in [2.75, 3.05) is 0 Å². The normalized spacial score (nSPS) is 23.0. The third-order valence-corrected chi connectivity index (χ3v) is 3.49. The van der Waals surface area contributed by atoms with Gasteiger partial charge in [0.25, 0.3) is 0 Å². The number of aromatic hydroxyl groups is 1. The Morgan fingerprint density at radius 2 is 2.32 bits per heavy atom. The molecule has 2 aromatic rings. The van der Waals surface area contributed by atoms with Crippen LogP contribution in [0.15, 0.2) is 24.5 Å². The number of hydrogen-bond donors (Lipinski definition) is 2. The van der Waals surface area contributed by atoms with Crippen LogP contribution in [0, 0.1) is 5.41 Å². The van der Waals surface area contributed by atoms with Gasteiger partial charge in [0.2, 0.25) is 17.7 Å². The maximum Gasteiger partial charge on any atom is 0.234 e. The monoisotopic (exact) mass is 259 g/mol. The third-order valence-electron chi connectivity index (χ3n) is 3.49. The van der Waals surface area contributed by atoms with Crippen molar-refractivity contribution in [3.8, 4) is 5.88 Å². The molecule has 98 valence electrons. The third kappa shape index (κ3) is 1.76. The molecule has 1 unspecified atom stereocenters. The zero-order chi connectivity index (χ0) is 13.6. The van der Waals surface area contributed by atoms with E-state index in [-0.39, 0.29) is 30.7 Å². The van der Waals surface area contributed by atoms with E-state index in [0.29, 0.717) is 5.52 Å². The summed E-state index contributed by atoms with van der Waals surface area (Å²) in [4.78, 5) is 27.2. The van der Waals surface area contributed by atoms with Gasteiger partial charge in [-0.25, -0.2) is 0 Å². The van der Waals surface area contributed by atoms with E-state index >= 15 is 0 Å². The van der Waals surface area contributed by atoms with Crippen molar-refractivity contribution in [3.63, 3.8) is 0 Å². The van der Waals surface area contributed by atoms with Gasteiger partial charge in [0.1, 0.15) is 5.52 Å². The highest BCUT2D eigenvalue weighted by atomic mass is 16.3. The number of aromatic nitrogens is 2. The van der Waals surface area contributed by atoms with Crippen LogP contribution in [0.4, 0.5) is 0 Å². The standard InChI is InChI=1S/C13H13N3O3/c1-13(5-9(17)15-12(13)19)7-16-6-8-3-2-4-14-10(8)11(16)18/h2-4,6,18H,5,7H2,1H3,(H,15,17,19). The lowest BCUT2D eigenvalue weighted by Gasteiger charge is -2.20. The molecule has 6 heteroatoms. The first-order valence-corrected chi connectivity index (χ1v) is 5.97. The Labute approximate surface area is 109 Å². The van der Waals surface area contributed by atoms with Gasteiger partial charge in [-0.3, -0.25) is 19.9 Å². The molecule has 1 aliphatic rings. The largest absolute Gasteiger partial charge is 0.493 e. The zero-order valence-corrected chi connectivity index (χ0v) is 10.4. The van der Waals surface area contributed by atoms with Crippen LogP contribution in [0.5, 0.6) is 5.88 Å². The summed E-state index contributed by atoms with van der Waals surface area (Å²) in [5, 5.41) is 13.2. The lowest BCUT2D eigenvalue weighted by atomic mass is 9.89. The van der Waals surface area contributed by atoms with Crippen LogP contribution in [-0.2, 0) is 16.1 Å². The van der Waals surface area contributed by atoms with Crippen LogP contribution in [-0.4, -0.2) is 26.5 Å². The smallest absolute Gasteiger partial charge is 0.234 e. The molecule has 0 radical (unpaired) electrons. The van der Waals surface area contributed by atoms with Crippen molar-refractivity contribution in [3.05, 3.63) is 24.5 Å². The molecule has 0 spiro atoms. The Balaban J connectivity index is 2.00. The fraction of sp³-hybridized carbons (Fsp3) is 0.308. The first kappa shape index (κ1) is 11.7. The van der Waals surface area contributed by atoms with Crippen LogP contribution in [0.25, 0.3) is 10.9 Å². The molecule has 1 saturated heterocycles. The SMILES string of the molecule is CC1(Cn2cc3cccnc3c2O)CC(=O)NC1=O. The number of hydrogen-bond acceptors (Lipinski definition) is 4. The van der Waals surface area contributed by atoms with Crippen molar-refractivity contribution < 1.29 is 14.7 Å². The minimum atomic E-state index is -0.830. The zero-order valence-electron chi connectivity index (χ0n) is 10.4. The Hall–Kier alpha value is -2.37. The first-order chi connectivity index (χ1) is 8.99. The van der Waals surface area contributed by atoms with Crippen molar-refractivity contribution in [2.45, 2.75) is 19.9 Å². The Kier molecular flexibility index (Phi) is 2.35. The highest BCUT2D eigenvalue weighted by Crippen LogP contribution is 2.33. The molecule has 0 aromatic carbocycles. The van der Waals surface area contributed by atoms with E-state index in [1.54, 1.807) is 30.0 Å². The molecule has 1 fully saturated rings. The molecule has 19 heavy (non-hydrogen) atoms. The van der Waals surface area contributed by atoms with Crippen LogP contribution in [0.1, 0.15) is 13.3 Å². The summed E-state index contributed by atoms with van der Waals surface area (Å²) in [5.74, 6) is -0.562. The van der Waals surface area contributed by atoms with E-state index in [4.69, 9.17) is 0 Å². The first-order valence-electron chi connectivity index (χ1n) is 5.97. The lowest BCUT2D eigenvalue weighted by Crippen LogP contribution is -2.32. The fourth-order valence-electron chi connectivity index (χ4n) is 2.45. The quantitative estimate of drug-likeness (QED) is 0.781. The average Bonchev–Trinajstić information content (AvgIpc) is 2.79. The van der Waals surface area contributed by atoms with Gasteiger partial charge in [-0.05, 0) is 19.1 Å². The summed E-state index contributed by atoms with van der Waals surface area (Å²) in [6.07, 6.45) is 3.46. The van der Waals surface area contributed by atoms with Gasteiger partial charge < -0.3 is 9.67 Å². The molecule has 2 amide bonds. The Morgan fingerprint density at radius 3 is 2.95 bits per heavy atom. The van der Waals surface area contributed by atoms with Gasteiger partial charge >= 0.3 is 0 Å². The molecule has 1 aliphatic heterocycles. The van der Waals surface area contributed by atoms with Crippen LogP contribution < -0.4 is 5.32 Å². The predicted octanol–water partition coefficient (Wildman–Crippen LogP) is 0.795. The van der Waals surface area contributed by atoms with Crippen molar-refractivity contribution in [2.24, 2.45) is 5.41 Å². The molecular weight excluding hydrogens is 246 g/mol. The predicted molar refractivity (Wildman–Crippen MR) is 67.3 cm³/mol. The van der Waals surface area contributed by atoms with E-state index in [1.165, 1.54) is 0 Å². The van der Waals surface area contributed by atoms with Crippen molar-refractivity contribution in [1.82, 2.24) is 14.9 Å². The average molecular weight is 259 g/mol. The molecule has 6 nitrogen and oxygen atoms in total. The van der Waals surface area contributed by atoms with E-state index in [2.05, 4.69) is 10.3 Å². The van der Waals surface area contributed by atoms with Gasteiger partial charge in [0.15, 0.2) is 0 Å². The topological polar surface area (TPSA) is 84.2 Å². The summed E-state index contributed by atoms with van der Waals surface area (Å²) in [5.41, 5.74) is -0.334. The van der Waals surface area contributed by atoms with Gasteiger partial charge in [0.05, 0.1) is 5.41 Å². The number of carbonyl (C=O) groups is 2. The number of fused-ring (bicyclic) bond motifs is 1. The second-order valence-electron chi connectivity index (χ2n) is 5.14. The summed E-state index contributed by atoms with van der Waals surface area (Å²) >= 11 is 0. The summed E-state index contributed by atoms with van der Waals surface area (Å²) in [6, 6.07) is 3.61. The van der Waals surface area contributed by atoms with Crippen LogP contribution >= 0.6 is 0 Å². The molecule has 3 heterocycles. The summed E-state index contributed by atoms with van der Waals surface area (Å²) < 4.78 is 1.57. The lowest BCUT2D eigenvalue weighted by molar-refractivity contribution is -0.128. The number of amides is 2. The highest BCUT2D eigenvalue weighted by molar-refractivity contribution is 6.05. The van der Waals surface area contributed by atoms with Crippen molar-refractivity contribution in [1.29, 1.82) is 0 Å². The highest BCUT2D eigenvalue weighted by Gasteiger charge is 2.43. The van der Waals surface area contributed by atoms with E-state index < -0.39 is 5.41 Å². The maximum absolute atomic E-state index is 11.8. The minimum absolute atomic E-state index is 0.0176.